The fraction of sp³-hybridized carbons (Fsp3) is 0.500. The lowest BCUT2D eigenvalue weighted by Crippen LogP contribution is -2.33. The number of piperidine rings is 1. The molecule has 3 heterocycles. The van der Waals surface area contributed by atoms with Gasteiger partial charge in [0.2, 0.25) is 5.82 Å². The van der Waals surface area contributed by atoms with Crippen LogP contribution in [0.5, 0.6) is 5.75 Å². The van der Waals surface area contributed by atoms with Crippen molar-refractivity contribution in [3.8, 4) is 23.1 Å². The molecule has 0 spiro atoms. The third-order valence-corrected chi connectivity index (χ3v) is 6.64. The van der Waals surface area contributed by atoms with Gasteiger partial charge in [0, 0.05) is 30.8 Å². The Morgan fingerprint density at radius 1 is 1.15 bits per heavy atom. The van der Waals surface area contributed by atoms with Gasteiger partial charge in [0.05, 0.1) is 18.9 Å². The molecule has 8 heteroatoms. The van der Waals surface area contributed by atoms with Gasteiger partial charge in [-0.2, -0.15) is 5.26 Å². The number of likely N-dealkylation sites (tertiary alicyclic amines) is 1. The Bertz CT molecular complexity index is 1130. The highest BCUT2D eigenvalue weighted by Crippen LogP contribution is 2.31. The quantitative estimate of drug-likeness (QED) is 0.433. The van der Waals surface area contributed by atoms with E-state index in [1.807, 2.05) is 29.0 Å². The number of halogens is 1. The van der Waals surface area contributed by atoms with Crippen LogP contribution in [0.1, 0.15) is 37.6 Å². The number of aromatic nitrogens is 3. The van der Waals surface area contributed by atoms with Crippen LogP contribution in [0.15, 0.2) is 30.5 Å². The fourth-order valence-corrected chi connectivity index (χ4v) is 4.59. The Balaban J connectivity index is 0.00000324. The first kappa shape index (κ1) is 26.0. The van der Waals surface area contributed by atoms with Gasteiger partial charge in [-0.15, -0.1) is 12.4 Å². The molecule has 0 aliphatic carbocycles. The van der Waals surface area contributed by atoms with Gasteiger partial charge in [0.1, 0.15) is 17.5 Å². The minimum absolute atomic E-state index is 0. The molecule has 1 aliphatic rings. The summed E-state index contributed by atoms with van der Waals surface area (Å²) in [5, 5.41) is 10.4. The maximum absolute atomic E-state index is 9.47. The second-order valence-electron chi connectivity index (χ2n) is 8.74. The Kier molecular flexibility index (Phi) is 9.28. The summed E-state index contributed by atoms with van der Waals surface area (Å²) in [7, 11) is 1.67. The molecule has 1 fully saturated rings. The molecule has 0 unspecified atom stereocenters. The molecule has 0 amide bonds. The van der Waals surface area contributed by atoms with Gasteiger partial charge in [0.25, 0.3) is 0 Å². The molecule has 1 aliphatic heterocycles. The first-order valence-corrected chi connectivity index (χ1v) is 11.8. The molecule has 0 N–H and O–H groups in total. The topological polar surface area (TPSA) is 76.2 Å². The van der Waals surface area contributed by atoms with Crippen LogP contribution in [0.2, 0.25) is 0 Å². The highest BCUT2D eigenvalue weighted by Gasteiger charge is 2.18. The number of ether oxygens (including phenoxy) is 2. The van der Waals surface area contributed by atoms with Crippen LogP contribution < -0.4 is 4.74 Å². The van der Waals surface area contributed by atoms with E-state index in [1.165, 1.54) is 25.9 Å². The monoisotopic (exact) mass is 483 g/mol. The van der Waals surface area contributed by atoms with E-state index in [2.05, 4.69) is 40.9 Å². The molecule has 1 saturated heterocycles. The van der Waals surface area contributed by atoms with Gasteiger partial charge in [-0.1, -0.05) is 6.92 Å². The molecule has 0 atom stereocenters. The third kappa shape index (κ3) is 5.87. The summed E-state index contributed by atoms with van der Waals surface area (Å²) in [6.07, 6.45) is 5.61. The predicted octanol–water partition coefficient (Wildman–Crippen LogP) is 4.85. The van der Waals surface area contributed by atoms with Crippen molar-refractivity contribution in [2.24, 2.45) is 5.92 Å². The SMILES string of the molecule is CCN1CCC(CCOc2ccc(-c3nc(C#N)nc4c3ccn4CCOC)cc2C)CC1.Cl. The van der Waals surface area contributed by atoms with Gasteiger partial charge < -0.3 is 18.9 Å². The van der Waals surface area contributed by atoms with Crippen LogP contribution in [0.25, 0.3) is 22.3 Å². The largest absolute Gasteiger partial charge is 0.493 e. The summed E-state index contributed by atoms with van der Waals surface area (Å²) in [4.78, 5) is 11.5. The summed E-state index contributed by atoms with van der Waals surface area (Å²) >= 11 is 0. The molecular formula is C26H34ClN5O2. The Morgan fingerprint density at radius 3 is 2.62 bits per heavy atom. The van der Waals surface area contributed by atoms with Gasteiger partial charge in [-0.05, 0) is 81.6 Å². The zero-order chi connectivity index (χ0) is 23.2. The standard InChI is InChI=1S/C26H33N5O2.ClH/c1-4-30-11-7-20(8-12-30)10-15-33-23-6-5-21(17-19(23)2)25-22-9-13-31(14-16-32-3)26(22)29-24(18-27)28-25;/h5-6,9,13,17,20H,4,7-8,10-12,14-16H2,1-3H3;1H. The molecule has 34 heavy (non-hydrogen) atoms. The number of nitriles is 1. The summed E-state index contributed by atoms with van der Waals surface area (Å²) in [6, 6.07) is 10.2. The lowest BCUT2D eigenvalue weighted by atomic mass is 9.94. The molecule has 0 radical (unpaired) electrons. The van der Waals surface area contributed by atoms with Crippen LogP contribution >= 0.6 is 12.4 Å². The molecule has 3 aromatic rings. The first-order chi connectivity index (χ1) is 16.1. The number of rotatable bonds is 9. The normalized spacial score (nSPS) is 14.6. The average molecular weight is 484 g/mol. The molecular weight excluding hydrogens is 450 g/mol. The summed E-state index contributed by atoms with van der Waals surface area (Å²) < 4.78 is 13.3. The number of fused-ring (bicyclic) bond motifs is 1. The number of methoxy groups -OCH3 is 1. The highest BCUT2D eigenvalue weighted by atomic mass is 35.5. The Hall–Kier alpha value is -2.66. The minimum Gasteiger partial charge on any atom is -0.493 e. The van der Waals surface area contributed by atoms with Crippen molar-refractivity contribution < 1.29 is 9.47 Å². The molecule has 1 aromatic carbocycles. The smallest absolute Gasteiger partial charge is 0.234 e. The Morgan fingerprint density at radius 2 is 1.94 bits per heavy atom. The third-order valence-electron chi connectivity index (χ3n) is 6.64. The van der Waals surface area contributed by atoms with Gasteiger partial charge in [-0.25, -0.2) is 9.97 Å². The van der Waals surface area contributed by atoms with Crippen LogP contribution in [0, 0.1) is 24.2 Å². The van der Waals surface area contributed by atoms with Crippen LogP contribution in [-0.4, -0.2) is 59.4 Å². The lowest BCUT2D eigenvalue weighted by molar-refractivity contribution is 0.169. The number of benzene rings is 1. The van der Waals surface area contributed by atoms with E-state index in [0.29, 0.717) is 13.2 Å². The summed E-state index contributed by atoms with van der Waals surface area (Å²) in [5.74, 6) is 1.84. The van der Waals surface area contributed by atoms with Crippen molar-refractivity contribution in [3.63, 3.8) is 0 Å². The second-order valence-corrected chi connectivity index (χ2v) is 8.74. The van der Waals surface area contributed by atoms with Gasteiger partial charge >= 0.3 is 0 Å². The predicted molar refractivity (Wildman–Crippen MR) is 136 cm³/mol. The fourth-order valence-electron chi connectivity index (χ4n) is 4.59. The first-order valence-electron chi connectivity index (χ1n) is 11.8. The van der Waals surface area contributed by atoms with E-state index in [9.17, 15) is 5.26 Å². The number of nitrogens with zero attached hydrogens (tertiary/aromatic N) is 5. The average Bonchev–Trinajstić information content (AvgIpc) is 3.26. The van der Waals surface area contributed by atoms with Gasteiger partial charge in [-0.3, -0.25) is 0 Å². The number of hydrogen-bond acceptors (Lipinski definition) is 6. The Labute approximate surface area is 208 Å². The van der Waals surface area contributed by atoms with E-state index >= 15 is 0 Å². The van der Waals surface area contributed by atoms with Crippen LogP contribution in [0.4, 0.5) is 0 Å². The van der Waals surface area contributed by atoms with Crippen LogP contribution in [-0.2, 0) is 11.3 Å². The molecule has 182 valence electrons. The summed E-state index contributed by atoms with van der Waals surface area (Å²) in [5.41, 5.74) is 3.54. The van der Waals surface area contributed by atoms with Crippen molar-refractivity contribution in [3.05, 3.63) is 41.9 Å². The zero-order valence-electron chi connectivity index (χ0n) is 20.3. The molecule has 7 nitrogen and oxygen atoms in total. The van der Waals surface area contributed by atoms with Crippen LogP contribution in [0.3, 0.4) is 0 Å². The van der Waals surface area contributed by atoms with Crippen molar-refractivity contribution in [2.45, 2.75) is 39.7 Å². The van der Waals surface area contributed by atoms with Crippen molar-refractivity contribution in [1.29, 1.82) is 5.26 Å². The highest BCUT2D eigenvalue weighted by molar-refractivity contribution is 5.91. The molecule has 2 aromatic heterocycles. The van der Waals surface area contributed by atoms with E-state index in [-0.39, 0.29) is 18.2 Å². The second kappa shape index (κ2) is 12.2. The van der Waals surface area contributed by atoms with E-state index in [4.69, 9.17) is 9.47 Å². The van der Waals surface area contributed by atoms with E-state index in [0.717, 1.165) is 59.1 Å². The van der Waals surface area contributed by atoms with Crippen molar-refractivity contribution >= 4 is 23.4 Å². The minimum atomic E-state index is 0. The number of hydrogen-bond donors (Lipinski definition) is 0. The van der Waals surface area contributed by atoms with Crippen molar-refractivity contribution in [1.82, 2.24) is 19.4 Å². The zero-order valence-corrected chi connectivity index (χ0v) is 21.1. The lowest BCUT2D eigenvalue weighted by Gasteiger charge is -2.30. The molecule has 0 saturated carbocycles. The van der Waals surface area contributed by atoms with Gasteiger partial charge in [0.15, 0.2) is 0 Å². The maximum Gasteiger partial charge on any atom is 0.234 e. The summed E-state index contributed by atoms with van der Waals surface area (Å²) in [6.45, 7) is 9.86. The maximum atomic E-state index is 9.47. The van der Waals surface area contributed by atoms with E-state index in [1.54, 1.807) is 7.11 Å². The van der Waals surface area contributed by atoms with Crippen molar-refractivity contribution in [2.75, 3.05) is 40.0 Å². The number of aryl methyl sites for hydroxylation is 1. The van der Waals surface area contributed by atoms with E-state index < -0.39 is 0 Å². The molecule has 4 rings (SSSR count). The molecule has 0 bridgehead atoms.